The van der Waals surface area contributed by atoms with Crippen LogP contribution in [0.1, 0.15) is 41.9 Å². The molecule has 6 heteroatoms. The van der Waals surface area contributed by atoms with E-state index in [-0.39, 0.29) is 18.6 Å². The van der Waals surface area contributed by atoms with Crippen LogP contribution in [-0.4, -0.2) is 45.8 Å². The molecule has 2 aromatic rings. The maximum Gasteiger partial charge on any atom is 0.257 e. The number of hydrogen-bond acceptors (Lipinski definition) is 5. The molecule has 0 saturated heterocycles. The summed E-state index contributed by atoms with van der Waals surface area (Å²) < 4.78 is 5.14. The lowest BCUT2D eigenvalue weighted by atomic mass is 9.86. The van der Waals surface area contributed by atoms with E-state index in [9.17, 15) is 9.90 Å². The lowest BCUT2D eigenvalue weighted by molar-refractivity contribution is 0.0653. The first-order valence-corrected chi connectivity index (χ1v) is 8.37. The summed E-state index contributed by atoms with van der Waals surface area (Å²) >= 11 is 0. The predicted octanol–water partition coefficient (Wildman–Crippen LogP) is 2.67. The Morgan fingerprint density at radius 3 is 2.46 bits per heavy atom. The van der Waals surface area contributed by atoms with Gasteiger partial charge in [-0.2, -0.15) is 4.98 Å². The first kappa shape index (κ1) is 16.6. The number of aliphatic hydroxyl groups is 1. The zero-order chi connectivity index (χ0) is 17.1. The highest BCUT2D eigenvalue weighted by Gasteiger charge is 2.26. The van der Waals surface area contributed by atoms with Crippen LogP contribution in [0.4, 0.5) is 0 Å². The summed E-state index contributed by atoms with van der Waals surface area (Å²) in [5.74, 6) is 1.46. The molecule has 1 saturated carbocycles. The Balaban J connectivity index is 1.66. The molecule has 1 aliphatic carbocycles. The Bertz CT molecular complexity index is 688. The van der Waals surface area contributed by atoms with Gasteiger partial charge in [0.15, 0.2) is 5.82 Å². The van der Waals surface area contributed by atoms with Crippen LogP contribution < -0.4 is 0 Å². The molecule has 128 valence electrons. The maximum absolute atomic E-state index is 12.7. The molecule has 24 heavy (non-hydrogen) atoms. The molecular weight excluding hydrogens is 306 g/mol. The molecule has 1 fully saturated rings. The molecule has 0 unspecified atom stereocenters. The molecule has 0 aliphatic heterocycles. The van der Waals surface area contributed by atoms with Gasteiger partial charge in [-0.1, -0.05) is 5.16 Å². The van der Waals surface area contributed by atoms with Crippen LogP contribution in [0.15, 0.2) is 28.8 Å². The second-order valence-electron chi connectivity index (χ2n) is 6.50. The molecule has 1 heterocycles. The third-order valence-corrected chi connectivity index (χ3v) is 4.85. The monoisotopic (exact) mass is 329 g/mol. The first-order valence-electron chi connectivity index (χ1n) is 8.37. The van der Waals surface area contributed by atoms with Crippen LogP contribution in [-0.2, 0) is 0 Å². The van der Waals surface area contributed by atoms with E-state index in [2.05, 4.69) is 10.1 Å². The van der Waals surface area contributed by atoms with Gasteiger partial charge in [-0.05, 0) is 62.8 Å². The van der Waals surface area contributed by atoms with Crippen LogP contribution >= 0.6 is 0 Å². The quantitative estimate of drug-likeness (QED) is 0.933. The molecule has 6 nitrogen and oxygen atoms in total. The SMILES string of the molecule is Cc1noc(-c2ccc(C(=O)N(C)C3CCC(CO)CC3)cc2)n1. The minimum Gasteiger partial charge on any atom is -0.396 e. The number of aryl methyl sites for hydroxylation is 1. The summed E-state index contributed by atoms with van der Waals surface area (Å²) in [5.41, 5.74) is 1.46. The summed E-state index contributed by atoms with van der Waals surface area (Å²) in [4.78, 5) is 18.7. The van der Waals surface area contributed by atoms with Crippen molar-refractivity contribution in [2.45, 2.75) is 38.6 Å². The largest absolute Gasteiger partial charge is 0.396 e. The molecule has 1 N–H and O–H groups in total. The molecular formula is C18H23N3O3. The third-order valence-electron chi connectivity index (χ3n) is 4.85. The Morgan fingerprint density at radius 2 is 1.92 bits per heavy atom. The highest BCUT2D eigenvalue weighted by molar-refractivity contribution is 5.94. The van der Waals surface area contributed by atoms with Crippen LogP contribution in [0.3, 0.4) is 0 Å². The van der Waals surface area contributed by atoms with Crippen LogP contribution in [0, 0.1) is 12.8 Å². The van der Waals surface area contributed by atoms with Gasteiger partial charge in [-0.25, -0.2) is 0 Å². The Labute approximate surface area is 141 Å². The summed E-state index contributed by atoms with van der Waals surface area (Å²) in [6, 6.07) is 7.51. The van der Waals surface area contributed by atoms with Crippen LogP contribution in [0.25, 0.3) is 11.5 Å². The van der Waals surface area contributed by atoms with Gasteiger partial charge in [-0.15, -0.1) is 0 Å². The third kappa shape index (κ3) is 3.48. The van der Waals surface area contributed by atoms with Gasteiger partial charge < -0.3 is 14.5 Å². The fourth-order valence-corrected chi connectivity index (χ4v) is 3.25. The number of benzene rings is 1. The number of hydrogen-bond donors (Lipinski definition) is 1. The zero-order valence-electron chi connectivity index (χ0n) is 14.1. The topological polar surface area (TPSA) is 79.5 Å². The van der Waals surface area contributed by atoms with Crippen molar-refractivity contribution in [3.05, 3.63) is 35.7 Å². The van der Waals surface area contributed by atoms with Gasteiger partial charge in [0.2, 0.25) is 0 Å². The minimum absolute atomic E-state index is 0.0238. The van der Waals surface area contributed by atoms with E-state index < -0.39 is 0 Å². The van der Waals surface area contributed by atoms with Gasteiger partial charge in [-0.3, -0.25) is 4.79 Å². The van der Waals surface area contributed by atoms with E-state index in [1.165, 1.54) is 0 Å². The Kier molecular flexibility index (Phi) is 4.94. The highest BCUT2D eigenvalue weighted by atomic mass is 16.5. The minimum atomic E-state index is 0.0238. The van der Waals surface area contributed by atoms with Crippen LogP contribution in [0.2, 0.25) is 0 Å². The van der Waals surface area contributed by atoms with Gasteiger partial charge in [0.1, 0.15) is 0 Å². The number of aromatic nitrogens is 2. The molecule has 1 aromatic carbocycles. The van der Waals surface area contributed by atoms with E-state index in [1.54, 1.807) is 19.1 Å². The van der Waals surface area contributed by atoms with Crippen molar-refractivity contribution in [3.63, 3.8) is 0 Å². The highest BCUT2D eigenvalue weighted by Crippen LogP contribution is 2.27. The molecule has 0 radical (unpaired) electrons. The van der Waals surface area contributed by atoms with Crippen molar-refractivity contribution >= 4 is 5.91 Å². The van der Waals surface area contributed by atoms with Crippen molar-refractivity contribution < 1.29 is 14.4 Å². The van der Waals surface area contributed by atoms with Crippen molar-refractivity contribution in [1.82, 2.24) is 15.0 Å². The zero-order valence-corrected chi connectivity index (χ0v) is 14.1. The average molecular weight is 329 g/mol. The lowest BCUT2D eigenvalue weighted by Crippen LogP contribution is -2.39. The summed E-state index contributed by atoms with van der Waals surface area (Å²) in [5, 5.41) is 13.0. The Hall–Kier alpha value is -2.21. The van der Waals surface area contributed by atoms with Crippen molar-refractivity contribution in [2.24, 2.45) is 5.92 Å². The maximum atomic E-state index is 12.7. The molecule has 0 bridgehead atoms. The van der Waals surface area contributed by atoms with E-state index in [1.807, 2.05) is 24.1 Å². The van der Waals surface area contributed by atoms with Crippen molar-refractivity contribution in [3.8, 4) is 11.5 Å². The number of nitrogens with zero attached hydrogens (tertiary/aromatic N) is 3. The number of aliphatic hydroxyl groups excluding tert-OH is 1. The number of carbonyl (C=O) groups excluding carboxylic acids is 1. The fraction of sp³-hybridized carbons (Fsp3) is 0.500. The molecule has 1 amide bonds. The van der Waals surface area contributed by atoms with Gasteiger partial charge in [0.05, 0.1) is 0 Å². The predicted molar refractivity (Wildman–Crippen MR) is 89.4 cm³/mol. The summed E-state index contributed by atoms with van der Waals surface area (Å²) in [7, 11) is 1.86. The number of rotatable bonds is 4. The summed E-state index contributed by atoms with van der Waals surface area (Å²) in [6.45, 7) is 2.02. The second kappa shape index (κ2) is 7.13. The van der Waals surface area contributed by atoms with Crippen molar-refractivity contribution in [1.29, 1.82) is 0 Å². The van der Waals surface area contributed by atoms with E-state index in [4.69, 9.17) is 4.52 Å². The summed E-state index contributed by atoms with van der Waals surface area (Å²) in [6.07, 6.45) is 3.86. The average Bonchev–Trinajstić information content (AvgIpc) is 3.07. The van der Waals surface area contributed by atoms with Gasteiger partial charge in [0, 0.05) is 30.8 Å². The fourth-order valence-electron chi connectivity index (χ4n) is 3.25. The van der Waals surface area contributed by atoms with Crippen LogP contribution in [0.5, 0.6) is 0 Å². The molecule has 0 atom stereocenters. The first-order chi connectivity index (χ1) is 11.6. The van der Waals surface area contributed by atoms with E-state index in [0.717, 1.165) is 31.2 Å². The number of amides is 1. The lowest BCUT2D eigenvalue weighted by Gasteiger charge is -2.34. The van der Waals surface area contributed by atoms with E-state index in [0.29, 0.717) is 23.2 Å². The Morgan fingerprint density at radius 1 is 1.25 bits per heavy atom. The molecule has 0 spiro atoms. The smallest absolute Gasteiger partial charge is 0.257 e. The van der Waals surface area contributed by atoms with Crippen molar-refractivity contribution in [2.75, 3.05) is 13.7 Å². The normalized spacial score (nSPS) is 20.8. The van der Waals surface area contributed by atoms with Gasteiger partial charge in [0.25, 0.3) is 11.8 Å². The molecule has 1 aromatic heterocycles. The standard InChI is InChI=1S/C18H23N3O3/c1-12-19-17(24-20-12)14-5-7-15(8-6-14)18(23)21(2)16-9-3-13(11-22)4-10-16/h5-8,13,16,22H,3-4,9-11H2,1-2H3. The van der Waals surface area contributed by atoms with E-state index >= 15 is 0 Å². The second-order valence-corrected chi connectivity index (χ2v) is 6.50. The number of carbonyl (C=O) groups is 1. The molecule has 3 rings (SSSR count). The molecule has 1 aliphatic rings. The van der Waals surface area contributed by atoms with Gasteiger partial charge >= 0.3 is 0 Å².